The Labute approximate surface area is 129 Å². The van der Waals surface area contributed by atoms with E-state index in [9.17, 15) is 13.5 Å². The fourth-order valence-corrected chi connectivity index (χ4v) is 4.37. The van der Waals surface area contributed by atoms with Gasteiger partial charge < -0.3 is 5.11 Å². The predicted octanol–water partition coefficient (Wildman–Crippen LogP) is 2.91. The van der Waals surface area contributed by atoms with Gasteiger partial charge in [-0.25, -0.2) is 8.42 Å². The third kappa shape index (κ3) is 3.28. The molecule has 2 rings (SSSR count). The molecule has 0 saturated heterocycles. The van der Waals surface area contributed by atoms with E-state index in [-0.39, 0.29) is 21.5 Å². The zero-order valence-corrected chi connectivity index (χ0v) is 13.5. The third-order valence-electron chi connectivity index (χ3n) is 3.40. The first kappa shape index (κ1) is 16.0. The van der Waals surface area contributed by atoms with E-state index in [4.69, 9.17) is 23.2 Å². The summed E-state index contributed by atoms with van der Waals surface area (Å²) in [6.07, 6.45) is 2.14. The second-order valence-electron chi connectivity index (χ2n) is 4.93. The normalized spacial score (nSPS) is 15.8. The lowest BCUT2D eigenvalue weighted by Gasteiger charge is -2.21. The van der Waals surface area contributed by atoms with Crippen LogP contribution in [-0.4, -0.2) is 30.9 Å². The van der Waals surface area contributed by atoms with Crippen LogP contribution in [0.3, 0.4) is 0 Å². The molecule has 0 aliphatic heterocycles. The number of hydrogen-bond donors (Lipinski definition) is 1. The van der Waals surface area contributed by atoms with Crippen molar-refractivity contribution in [1.29, 1.82) is 0 Å². The molecule has 4 nitrogen and oxygen atoms in total. The zero-order chi connectivity index (χ0) is 14.9. The smallest absolute Gasteiger partial charge is 0.244 e. The molecule has 1 saturated carbocycles. The fourth-order valence-electron chi connectivity index (χ4n) is 2.01. The first-order valence-corrected chi connectivity index (χ1v) is 8.68. The van der Waals surface area contributed by atoms with Crippen molar-refractivity contribution in [3.05, 3.63) is 27.7 Å². The predicted molar refractivity (Wildman–Crippen MR) is 79.5 cm³/mol. The highest BCUT2D eigenvalue weighted by atomic mass is 35.5. The van der Waals surface area contributed by atoms with Gasteiger partial charge in [0.15, 0.2) is 0 Å². The van der Waals surface area contributed by atoms with Crippen LogP contribution in [0.4, 0.5) is 0 Å². The van der Waals surface area contributed by atoms with Gasteiger partial charge in [0.2, 0.25) is 10.0 Å². The van der Waals surface area contributed by atoms with Gasteiger partial charge in [0.05, 0.1) is 11.6 Å². The highest BCUT2D eigenvalue weighted by Gasteiger charge is 2.32. The molecular formula is C13H17Cl2NO3S. The molecule has 7 heteroatoms. The minimum absolute atomic E-state index is 0.00937. The van der Waals surface area contributed by atoms with Crippen LogP contribution in [0.5, 0.6) is 0 Å². The number of benzene rings is 1. The van der Waals surface area contributed by atoms with Crippen LogP contribution in [-0.2, 0) is 16.6 Å². The molecule has 0 unspecified atom stereocenters. The summed E-state index contributed by atoms with van der Waals surface area (Å²) in [5, 5.41) is 9.56. The molecule has 0 spiro atoms. The summed E-state index contributed by atoms with van der Waals surface area (Å²) in [5.74, 6) is 0.452. The Kier molecular flexibility index (Phi) is 4.97. The first-order valence-electron chi connectivity index (χ1n) is 6.49. The van der Waals surface area contributed by atoms with Crippen molar-refractivity contribution >= 4 is 33.2 Å². The second kappa shape index (κ2) is 6.20. The molecular weight excluding hydrogens is 321 g/mol. The van der Waals surface area contributed by atoms with E-state index >= 15 is 0 Å². The summed E-state index contributed by atoms with van der Waals surface area (Å²) >= 11 is 11.9. The number of hydrogen-bond acceptors (Lipinski definition) is 3. The van der Waals surface area contributed by atoms with Gasteiger partial charge in [-0.1, -0.05) is 30.1 Å². The van der Waals surface area contributed by atoms with Crippen LogP contribution in [0, 0.1) is 5.92 Å². The van der Waals surface area contributed by atoms with Crippen molar-refractivity contribution in [3.8, 4) is 0 Å². The molecule has 1 N–H and O–H groups in total. The Morgan fingerprint density at radius 2 is 1.95 bits per heavy atom. The van der Waals surface area contributed by atoms with Crippen LogP contribution < -0.4 is 0 Å². The van der Waals surface area contributed by atoms with E-state index in [0.29, 0.717) is 24.6 Å². The van der Waals surface area contributed by atoms with Gasteiger partial charge in [0.1, 0.15) is 4.90 Å². The number of nitrogens with zero attached hydrogens (tertiary/aromatic N) is 1. The van der Waals surface area contributed by atoms with Crippen molar-refractivity contribution in [1.82, 2.24) is 4.31 Å². The number of rotatable bonds is 6. The van der Waals surface area contributed by atoms with Gasteiger partial charge in [-0.2, -0.15) is 4.31 Å². The highest BCUT2D eigenvalue weighted by molar-refractivity contribution is 7.89. The summed E-state index contributed by atoms with van der Waals surface area (Å²) in [5.41, 5.74) is 0.358. The van der Waals surface area contributed by atoms with E-state index in [1.165, 1.54) is 16.4 Å². The number of aliphatic hydroxyl groups is 1. The molecule has 20 heavy (non-hydrogen) atoms. The Morgan fingerprint density at radius 3 is 2.45 bits per heavy atom. The lowest BCUT2D eigenvalue weighted by atomic mass is 10.2. The van der Waals surface area contributed by atoms with Crippen LogP contribution >= 0.6 is 23.2 Å². The van der Waals surface area contributed by atoms with Gasteiger partial charge in [-0.05, 0) is 36.5 Å². The van der Waals surface area contributed by atoms with Crippen LogP contribution in [0.25, 0.3) is 0 Å². The molecule has 1 aromatic rings. The van der Waals surface area contributed by atoms with Gasteiger partial charge in [0, 0.05) is 18.1 Å². The molecule has 112 valence electrons. The number of aliphatic hydroxyl groups excluding tert-OH is 1. The van der Waals surface area contributed by atoms with Crippen molar-refractivity contribution in [3.63, 3.8) is 0 Å². The standard InChI is InChI=1S/C13H17Cl2NO3S/c1-2-16(7-9-3-4-9)20(18,19)13-5-10(8-17)11(14)6-12(13)15/h5-6,9,17H,2-4,7-8H2,1H3. The third-order valence-corrected chi connectivity index (χ3v) is 6.16. The SMILES string of the molecule is CCN(CC1CC1)S(=O)(=O)c1cc(CO)c(Cl)cc1Cl. The molecule has 1 aromatic carbocycles. The lowest BCUT2D eigenvalue weighted by molar-refractivity contribution is 0.281. The van der Waals surface area contributed by atoms with Crippen molar-refractivity contribution in [2.24, 2.45) is 5.92 Å². The van der Waals surface area contributed by atoms with E-state index in [2.05, 4.69) is 0 Å². The van der Waals surface area contributed by atoms with Crippen molar-refractivity contribution < 1.29 is 13.5 Å². The Hall–Kier alpha value is -0.330. The van der Waals surface area contributed by atoms with Crippen LogP contribution in [0.2, 0.25) is 10.0 Å². The highest BCUT2D eigenvalue weighted by Crippen LogP contribution is 2.34. The lowest BCUT2D eigenvalue weighted by Crippen LogP contribution is -2.33. The second-order valence-corrected chi connectivity index (χ2v) is 7.65. The quantitative estimate of drug-likeness (QED) is 0.868. The van der Waals surface area contributed by atoms with E-state index < -0.39 is 10.0 Å². The maximum Gasteiger partial charge on any atom is 0.244 e. The maximum atomic E-state index is 12.6. The summed E-state index contributed by atoms with van der Waals surface area (Å²) in [4.78, 5) is 0.00937. The number of halogens is 2. The minimum Gasteiger partial charge on any atom is -0.392 e. The first-order chi connectivity index (χ1) is 9.40. The van der Waals surface area contributed by atoms with Crippen LogP contribution in [0.15, 0.2) is 17.0 Å². The van der Waals surface area contributed by atoms with Crippen LogP contribution in [0.1, 0.15) is 25.3 Å². The Balaban J connectivity index is 2.41. The Morgan fingerprint density at radius 1 is 1.30 bits per heavy atom. The van der Waals surface area contributed by atoms with Gasteiger partial charge in [-0.3, -0.25) is 0 Å². The van der Waals surface area contributed by atoms with Crippen molar-refractivity contribution in [2.45, 2.75) is 31.3 Å². The molecule has 0 atom stereocenters. The van der Waals surface area contributed by atoms with E-state index in [0.717, 1.165) is 12.8 Å². The van der Waals surface area contributed by atoms with Crippen molar-refractivity contribution in [2.75, 3.05) is 13.1 Å². The molecule has 0 amide bonds. The molecule has 1 aliphatic rings. The molecule has 1 aliphatic carbocycles. The van der Waals surface area contributed by atoms with E-state index in [1.807, 2.05) is 0 Å². The van der Waals surface area contributed by atoms with E-state index in [1.54, 1.807) is 6.92 Å². The fraction of sp³-hybridized carbons (Fsp3) is 0.538. The molecule has 0 radical (unpaired) electrons. The average molecular weight is 338 g/mol. The topological polar surface area (TPSA) is 57.6 Å². The largest absolute Gasteiger partial charge is 0.392 e. The molecule has 0 heterocycles. The monoisotopic (exact) mass is 337 g/mol. The summed E-state index contributed by atoms with van der Waals surface area (Å²) in [6, 6.07) is 2.72. The number of sulfonamides is 1. The minimum atomic E-state index is -3.65. The molecule has 0 bridgehead atoms. The average Bonchev–Trinajstić information content (AvgIpc) is 3.19. The zero-order valence-electron chi connectivity index (χ0n) is 11.1. The van der Waals surface area contributed by atoms with Gasteiger partial charge >= 0.3 is 0 Å². The van der Waals surface area contributed by atoms with Gasteiger partial charge in [-0.15, -0.1) is 0 Å². The summed E-state index contributed by atoms with van der Waals surface area (Å²) in [6.45, 7) is 2.39. The molecule has 1 fully saturated rings. The van der Waals surface area contributed by atoms with Gasteiger partial charge in [0.25, 0.3) is 0 Å². The summed E-state index contributed by atoms with van der Waals surface area (Å²) < 4.78 is 26.7. The summed E-state index contributed by atoms with van der Waals surface area (Å²) in [7, 11) is -3.65. The molecule has 0 aromatic heterocycles. The Bertz CT molecular complexity index is 600. The maximum absolute atomic E-state index is 12.6.